The molecule has 0 saturated carbocycles. The summed E-state index contributed by atoms with van der Waals surface area (Å²) < 4.78 is 16.3. The summed E-state index contributed by atoms with van der Waals surface area (Å²) in [6.45, 7) is 3.87. The summed E-state index contributed by atoms with van der Waals surface area (Å²) in [6, 6.07) is 13.0. The lowest BCUT2D eigenvalue weighted by atomic mass is 10.1. The average molecular weight is 357 g/mol. The van der Waals surface area contributed by atoms with E-state index in [1.54, 1.807) is 13.2 Å². The molecule has 0 aliphatic carbocycles. The molecule has 0 atom stereocenters. The molecule has 1 heterocycles. The van der Waals surface area contributed by atoms with Gasteiger partial charge in [-0.2, -0.15) is 4.98 Å². The van der Waals surface area contributed by atoms with Crippen LogP contribution in [-0.2, 0) is 13.0 Å². The van der Waals surface area contributed by atoms with E-state index < -0.39 is 0 Å². The topological polar surface area (TPSA) is 57.4 Å². The van der Waals surface area contributed by atoms with Gasteiger partial charge in [-0.15, -0.1) is 6.58 Å². The summed E-state index contributed by atoms with van der Waals surface area (Å²) in [5, 5.41) is 4.51. The van der Waals surface area contributed by atoms with Crippen LogP contribution in [0.5, 0.6) is 11.5 Å². The van der Waals surface area contributed by atoms with Crippen molar-refractivity contribution in [2.24, 2.45) is 0 Å². The van der Waals surface area contributed by atoms with Crippen molar-refractivity contribution >= 4 is 11.6 Å². The van der Waals surface area contributed by atoms with Crippen molar-refractivity contribution in [3.05, 3.63) is 71.6 Å². The average Bonchev–Trinajstić information content (AvgIpc) is 3.10. The van der Waals surface area contributed by atoms with Gasteiger partial charge < -0.3 is 14.0 Å². The van der Waals surface area contributed by atoms with E-state index >= 15 is 0 Å². The van der Waals surface area contributed by atoms with Gasteiger partial charge in [-0.3, -0.25) is 0 Å². The number of nitrogens with zero attached hydrogens (tertiary/aromatic N) is 2. The van der Waals surface area contributed by atoms with Crippen molar-refractivity contribution in [3.63, 3.8) is 0 Å². The third-order valence-electron chi connectivity index (χ3n) is 3.54. The lowest BCUT2D eigenvalue weighted by Gasteiger charge is -2.10. The van der Waals surface area contributed by atoms with E-state index in [0.717, 1.165) is 12.0 Å². The van der Waals surface area contributed by atoms with Gasteiger partial charge in [0, 0.05) is 5.56 Å². The highest BCUT2D eigenvalue weighted by molar-refractivity contribution is 6.33. The van der Waals surface area contributed by atoms with Gasteiger partial charge in [-0.25, -0.2) is 0 Å². The highest BCUT2D eigenvalue weighted by Gasteiger charge is 2.13. The van der Waals surface area contributed by atoms with Crippen LogP contribution in [0.4, 0.5) is 0 Å². The van der Waals surface area contributed by atoms with Gasteiger partial charge in [0.1, 0.15) is 0 Å². The molecule has 0 amide bonds. The number of allylic oxidation sites excluding steroid dienone is 1. The monoisotopic (exact) mass is 356 g/mol. The van der Waals surface area contributed by atoms with Gasteiger partial charge in [0.05, 0.1) is 12.1 Å². The van der Waals surface area contributed by atoms with Crippen LogP contribution in [0.25, 0.3) is 11.4 Å². The van der Waals surface area contributed by atoms with Gasteiger partial charge in [-0.1, -0.05) is 41.0 Å². The normalized spacial score (nSPS) is 10.5. The second-order valence-corrected chi connectivity index (χ2v) is 5.67. The molecule has 0 unspecified atom stereocenters. The Balaban J connectivity index is 1.72. The van der Waals surface area contributed by atoms with E-state index in [2.05, 4.69) is 16.7 Å². The summed E-state index contributed by atoms with van der Waals surface area (Å²) in [7, 11) is 1.60. The van der Waals surface area contributed by atoms with Crippen LogP contribution in [0.2, 0.25) is 5.02 Å². The van der Waals surface area contributed by atoms with Crippen LogP contribution >= 0.6 is 11.6 Å². The Labute approximate surface area is 150 Å². The smallest absolute Gasteiger partial charge is 0.264 e. The quantitative estimate of drug-likeness (QED) is 0.574. The minimum absolute atomic E-state index is 0.134. The van der Waals surface area contributed by atoms with E-state index in [0.29, 0.717) is 33.8 Å². The molecular weight excluding hydrogens is 340 g/mol. The van der Waals surface area contributed by atoms with E-state index in [9.17, 15) is 0 Å². The fourth-order valence-corrected chi connectivity index (χ4v) is 2.55. The zero-order chi connectivity index (χ0) is 17.6. The summed E-state index contributed by atoms with van der Waals surface area (Å²) >= 11 is 6.14. The molecule has 3 aromatic rings. The first-order valence-corrected chi connectivity index (χ1v) is 8.07. The van der Waals surface area contributed by atoms with E-state index in [4.69, 9.17) is 25.6 Å². The summed E-state index contributed by atoms with van der Waals surface area (Å²) in [6.07, 6.45) is 2.60. The van der Waals surface area contributed by atoms with Crippen molar-refractivity contribution in [3.8, 4) is 22.9 Å². The number of methoxy groups -OCH3 is 1. The molecular formula is C19H17ClN2O3. The maximum atomic E-state index is 6.14. The fraction of sp³-hybridized carbons (Fsp3) is 0.158. The maximum absolute atomic E-state index is 6.14. The first-order chi connectivity index (χ1) is 12.2. The first-order valence-electron chi connectivity index (χ1n) is 7.69. The maximum Gasteiger partial charge on any atom is 0.264 e. The van der Waals surface area contributed by atoms with Crippen LogP contribution in [0.3, 0.4) is 0 Å². The SMILES string of the molecule is C=CCc1ccc(OCc2nc(-c3ccccc3Cl)no2)c(OC)c1. The third-order valence-corrected chi connectivity index (χ3v) is 3.87. The van der Waals surface area contributed by atoms with Crippen LogP contribution in [0.15, 0.2) is 59.6 Å². The Morgan fingerprint density at radius 1 is 1.20 bits per heavy atom. The van der Waals surface area contributed by atoms with Crippen molar-refractivity contribution in [1.29, 1.82) is 0 Å². The number of hydrogen-bond donors (Lipinski definition) is 0. The van der Waals surface area contributed by atoms with Crippen LogP contribution in [-0.4, -0.2) is 17.3 Å². The molecule has 1 aromatic heterocycles. The molecule has 3 rings (SSSR count). The molecule has 5 nitrogen and oxygen atoms in total. The van der Waals surface area contributed by atoms with E-state index in [1.807, 2.05) is 42.5 Å². The number of halogens is 1. The van der Waals surface area contributed by atoms with Gasteiger partial charge in [0.2, 0.25) is 5.82 Å². The molecule has 0 spiro atoms. The molecule has 0 aliphatic heterocycles. The minimum Gasteiger partial charge on any atom is -0.493 e. The molecule has 2 aromatic carbocycles. The molecule has 128 valence electrons. The number of ether oxygens (including phenoxy) is 2. The Morgan fingerprint density at radius 2 is 2.04 bits per heavy atom. The molecule has 0 saturated heterocycles. The Hall–Kier alpha value is -2.79. The zero-order valence-electron chi connectivity index (χ0n) is 13.7. The molecule has 0 bridgehead atoms. The van der Waals surface area contributed by atoms with Gasteiger partial charge in [-0.05, 0) is 36.2 Å². The molecule has 6 heteroatoms. The van der Waals surface area contributed by atoms with Gasteiger partial charge >= 0.3 is 0 Å². The van der Waals surface area contributed by atoms with Gasteiger partial charge in [0.25, 0.3) is 5.89 Å². The highest BCUT2D eigenvalue weighted by Crippen LogP contribution is 2.29. The molecule has 0 N–H and O–H groups in total. The highest BCUT2D eigenvalue weighted by atomic mass is 35.5. The number of hydrogen-bond acceptors (Lipinski definition) is 5. The Morgan fingerprint density at radius 3 is 2.80 bits per heavy atom. The van der Waals surface area contributed by atoms with Crippen LogP contribution < -0.4 is 9.47 Å². The van der Waals surface area contributed by atoms with Crippen molar-refractivity contribution in [2.45, 2.75) is 13.0 Å². The molecule has 25 heavy (non-hydrogen) atoms. The second-order valence-electron chi connectivity index (χ2n) is 5.26. The van der Waals surface area contributed by atoms with Crippen molar-refractivity contribution in [2.75, 3.05) is 7.11 Å². The summed E-state index contributed by atoms with van der Waals surface area (Å²) in [5.74, 6) is 2.03. The largest absolute Gasteiger partial charge is 0.493 e. The fourth-order valence-electron chi connectivity index (χ4n) is 2.33. The number of aromatic nitrogens is 2. The van der Waals surface area contributed by atoms with Crippen LogP contribution in [0, 0.1) is 0 Å². The predicted octanol–water partition coefficient (Wildman–Crippen LogP) is 4.71. The summed E-state index contributed by atoms with van der Waals surface area (Å²) in [4.78, 5) is 4.32. The lowest BCUT2D eigenvalue weighted by Crippen LogP contribution is -1.99. The Kier molecular flexibility index (Phi) is 5.36. The van der Waals surface area contributed by atoms with Crippen LogP contribution in [0.1, 0.15) is 11.5 Å². The second kappa shape index (κ2) is 7.85. The van der Waals surface area contributed by atoms with Gasteiger partial charge in [0.15, 0.2) is 18.1 Å². The van der Waals surface area contributed by atoms with Crippen molar-refractivity contribution < 1.29 is 14.0 Å². The zero-order valence-corrected chi connectivity index (χ0v) is 14.5. The number of benzene rings is 2. The number of rotatable bonds is 7. The molecule has 0 fully saturated rings. The molecule has 0 radical (unpaired) electrons. The first kappa shape index (κ1) is 17.0. The predicted molar refractivity (Wildman–Crippen MR) is 96.0 cm³/mol. The standard InChI is InChI=1S/C19H17ClN2O3/c1-3-6-13-9-10-16(17(11-13)23-2)24-12-18-21-19(22-25-18)14-7-4-5-8-15(14)20/h3-5,7-11H,1,6,12H2,2H3. The van der Waals surface area contributed by atoms with Crippen molar-refractivity contribution in [1.82, 2.24) is 10.1 Å². The summed E-state index contributed by atoms with van der Waals surface area (Å²) in [5.41, 5.74) is 1.81. The Bertz CT molecular complexity index is 877. The minimum atomic E-state index is 0.134. The molecule has 0 aliphatic rings. The van der Waals surface area contributed by atoms with E-state index in [-0.39, 0.29) is 6.61 Å². The van der Waals surface area contributed by atoms with E-state index in [1.165, 1.54) is 0 Å². The third kappa shape index (κ3) is 4.00. The lowest BCUT2D eigenvalue weighted by molar-refractivity contribution is 0.233.